The summed E-state index contributed by atoms with van der Waals surface area (Å²) >= 11 is 0. The molecule has 1 aromatic heterocycles. The van der Waals surface area contributed by atoms with Crippen molar-refractivity contribution in [2.45, 2.75) is 19.4 Å². The van der Waals surface area contributed by atoms with Crippen LogP contribution >= 0.6 is 0 Å². The highest BCUT2D eigenvalue weighted by Gasteiger charge is 2.16. The first-order chi connectivity index (χ1) is 8.72. The summed E-state index contributed by atoms with van der Waals surface area (Å²) < 4.78 is 4.90. The summed E-state index contributed by atoms with van der Waals surface area (Å²) in [5.41, 5.74) is 6.64. The van der Waals surface area contributed by atoms with Crippen molar-refractivity contribution < 1.29 is 9.53 Å². The zero-order valence-corrected chi connectivity index (χ0v) is 10.3. The number of hydrogen-bond acceptors (Lipinski definition) is 4. The summed E-state index contributed by atoms with van der Waals surface area (Å²) in [6.07, 6.45) is 2.12. The number of benzene rings is 1. The van der Waals surface area contributed by atoms with E-state index in [0.717, 1.165) is 16.5 Å². The second-order valence-electron chi connectivity index (χ2n) is 4.04. The van der Waals surface area contributed by atoms with Gasteiger partial charge in [-0.15, -0.1) is 0 Å². The SMILES string of the molecule is CCOC(=O)C(N)Cc1nccc2ccccc12. The molecule has 18 heavy (non-hydrogen) atoms. The van der Waals surface area contributed by atoms with Crippen LogP contribution in [0.2, 0.25) is 0 Å². The molecule has 2 N–H and O–H groups in total. The van der Waals surface area contributed by atoms with Gasteiger partial charge in [0.2, 0.25) is 0 Å². The predicted octanol–water partition coefficient (Wildman–Crippen LogP) is 1.67. The predicted molar refractivity (Wildman–Crippen MR) is 70.1 cm³/mol. The summed E-state index contributed by atoms with van der Waals surface area (Å²) in [6, 6.07) is 9.19. The summed E-state index contributed by atoms with van der Waals surface area (Å²) in [7, 11) is 0. The quantitative estimate of drug-likeness (QED) is 0.831. The highest BCUT2D eigenvalue weighted by Crippen LogP contribution is 2.17. The minimum absolute atomic E-state index is 0.343. The Morgan fingerprint density at radius 2 is 2.17 bits per heavy atom. The molecule has 0 bridgehead atoms. The summed E-state index contributed by atoms with van der Waals surface area (Å²) in [4.78, 5) is 15.8. The Morgan fingerprint density at radius 1 is 1.39 bits per heavy atom. The molecule has 0 saturated heterocycles. The topological polar surface area (TPSA) is 65.2 Å². The van der Waals surface area contributed by atoms with E-state index in [9.17, 15) is 4.79 Å². The number of esters is 1. The second-order valence-corrected chi connectivity index (χ2v) is 4.04. The number of nitrogens with zero attached hydrogens (tertiary/aromatic N) is 1. The monoisotopic (exact) mass is 244 g/mol. The number of aromatic nitrogens is 1. The molecule has 1 atom stereocenters. The maximum Gasteiger partial charge on any atom is 0.323 e. The highest BCUT2D eigenvalue weighted by molar-refractivity contribution is 5.85. The fraction of sp³-hybridized carbons (Fsp3) is 0.286. The third-order valence-corrected chi connectivity index (χ3v) is 2.76. The molecule has 4 nitrogen and oxygen atoms in total. The van der Waals surface area contributed by atoms with Gasteiger partial charge < -0.3 is 10.5 Å². The molecule has 0 fully saturated rings. The molecule has 0 radical (unpaired) electrons. The molecule has 0 spiro atoms. The molecule has 0 aliphatic heterocycles. The largest absolute Gasteiger partial charge is 0.465 e. The Hall–Kier alpha value is -1.94. The van der Waals surface area contributed by atoms with Crippen molar-refractivity contribution in [3.05, 3.63) is 42.2 Å². The van der Waals surface area contributed by atoms with Gasteiger partial charge in [-0.1, -0.05) is 24.3 Å². The Balaban J connectivity index is 2.24. The number of pyridine rings is 1. The zero-order chi connectivity index (χ0) is 13.0. The van der Waals surface area contributed by atoms with Crippen LogP contribution in [0.15, 0.2) is 36.5 Å². The third kappa shape index (κ3) is 2.65. The average Bonchev–Trinajstić information content (AvgIpc) is 2.39. The number of nitrogens with two attached hydrogens (primary N) is 1. The first kappa shape index (κ1) is 12.5. The van der Waals surface area contributed by atoms with Gasteiger partial charge in [0.25, 0.3) is 0 Å². The van der Waals surface area contributed by atoms with Crippen LogP contribution in [-0.4, -0.2) is 23.6 Å². The molecule has 0 amide bonds. The summed E-state index contributed by atoms with van der Waals surface area (Å²) in [6.45, 7) is 2.11. The van der Waals surface area contributed by atoms with E-state index in [0.29, 0.717) is 13.0 Å². The van der Waals surface area contributed by atoms with Crippen molar-refractivity contribution in [3.8, 4) is 0 Å². The van der Waals surface area contributed by atoms with Crippen molar-refractivity contribution in [3.63, 3.8) is 0 Å². The highest BCUT2D eigenvalue weighted by atomic mass is 16.5. The maximum absolute atomic E-state index is 11.5. The van der Waals surface area contributed by atoms with Crippen LogP contribution in [0.5, 0.6) is 0 Å². The van der Waals surface area contributed by atoms with Crippen LogP contribution in [0.25, 0.3) is 10.8 Å². The molecule has 0 saturated carbocycles. The first-order valence-corrected chi connectivity index (χ1v) is 5.97. The first-order valence-electron chi connectivity index (χ1n) is 5.97. The zero-order valence-electron chi connectivity index (χ0n) is 10.3. The van der Waals surface area contributed by atoms with E-state index >= 15 is 0 Å². The molecule has 1 unspecified atom stereocenters. The lowest BCUT2D eigenvalue weighted by molar-refractivity contribution is -0.144. The lowest BCUT2D eigenvalue weighted by atomic mass is 10.0. The van der Waals surface area contributed by atoms with E-state index in [4.69, 9.17) is 10.5 Å². The Morgan fingerprint density at radius 3 is 2.94 bits per heavy atom. The minimum atomic E-state index is -0.664. The molecule has 0 aliphatic carbocycles. The molecule has 4 heteroatoms. The van der Waals surface area contributed by atoms with Gasteiger partial charge in [0.05, 0.1) is 12.3 Å². The number of rotatable bonds is 4. The van der Waals surface area contributed by atoms with Gasteiger partial charge in [0.15, 0.2) is 0 Å². The fourth-order valence-corrected chi connectivity index (χ4v) is 1.89. The van der Waals surface area contributed by atoms with Gasteiger partial charge in [-0.05, 0) is 18.4 Å². The van der Waals surface area contributed by atoms with Gasteiger partial charge in [0, 0.05) is 18.0 Å². The van der Waals surface area contributed by atoms with Gasteiger partial charge in [-0.25, -0.2) is 0 Å². The summed E-state index contributed by atoms with van der Waals surface area (Å²) in [5, 5.41) is 2.12. The van der Waals surface area contributed by atoms with E-state index in [1.807, 2.05) is 30.3 Å². The molecule has 0 aliphatic rings. The van der Waals surface area contributed by atoms with Gasteiger partial charge in [0.1, 0.15) is 6.04 Å². The van der Waals surface area contributed by atoms with E-state index in [1.165, 1.54) is 0 Å². The van der Waals surface area contributed by atoms with E-state index in [1.54, 1.807) is 13.1 Å². The van der Waals surface area contributed by atoms with Gasteiger partial charge in [-0.3, -0.25) is 9.78 Å². The van der Waals surface area contributed by atoms with Crippen LogP contribution in [0, 0.1) is 0 Å². The smallest absolute Gasteiger partial charge is 0.323 e. The van der Waals surface area contributed by atoms with Crippen molar-refractivity contribution in [1.29, 1.82) is 0 Å². The normalized spacial score (nSPS) is 12.3. The minimum Gasteiger partial charge on any atom is -0.465 e. The number of carbonyl (C=O) groups excluding carboxylic acids is 1. The van der Waals surface area contributed by atoms with Crippen molar-refractivity contribution in [1.82, 2.24) is 4.98 Å². The molecule has 1 heterocycles. The van der Waals surface area contributed by atoms with E-state index < -0.39 is 6.04 Å². The van der Waals surface area contributed by atoms with E-state index in [2.05, 4.69) is 4.98 Å². The van der Waals surface area contributed by atoms with Crippen LogP contribution in [0.1, 0.15) is 12.6 Å². The molecular formula is C14H16N2O2. The maximum atomic E-state index is 11.5. The molecule has 1 aromatic carbocycles. The molecule has 94 valence electrons. The molecular weight excluding hydrogens is 228 g/mol. The Bertz CT molecular complexity index is 549. The Kier molecular flexibility index (Phi) is 3.89. The lowest BCUT2D eigenvalue weighted by Crippen LogP contribution is -2.34. The fourth-order valence-electron chi connectivity index (χ4n) is 1.89. The number of fused-ring (bicyclic) bond motifs is 1. The number of carbonyl (C=O) groups is 1. The lowest BCUT2D eigenvalue weighted by Gasteiger charge is -2.11. The van der Waals surface area contributed by atoms with Crippen LogP contribution in [-0.2, 0) is 16.0 Å². The average molecular weight is 244 g/mol. The molecule has 2 aromatic rings. The van der Waals surface area contributed by atoms with Gasteiger partial charge in [-0.2, -0.15) is 0 Å². The van der Waals surface area contributed by atoms with Gasteiger partial charge >= 0.3 is 5.97 Å². The van der Waals surface area contributed by atoms with E-state index in [-0.39, 0.29) is 5.97 Å². The standard InChI is InChI=1S/C14H16N2O2/c1-2-18-14(17)12(15)9-13-11-6-4-3-5-10(11)7-8-16-13/h3-8,12H,2,9,15H2,1H3. The van der Waals surface area contributed by atoms with Crippen molar-refractivity contribution >= 4 is 16.7 Å². The van der Waals surface area contributed by atoms with Crippen molar-refractivity contribution in [2.75, 3.05) is 6.61 Å². The van der Waals surface area contributed by atoms with Crippen molar-refractivity contribution in [2.24, 2.45) is 5.73 Å². The summed E-state index contributed by atoms with van der Waals surface area (Å²) in [5.74, 6) is -0.382. The number of hydrogen-bond donors (Lipinski definition) is 1. The second kappa shape index (κ2) is 5.60. The Labute approximate surface area is 106 Å². The van der Waals surface area contributed by atoms with Crippen LogP contribution < -0.4 is 5.73 Å². The number of ether oxygens (including phenoxy) is 1. The van der Waals surface area contributed by atoms with Crippen LogP contribution in [0.3, 0.4) is 0 Å². The molecule has 2 rings (SSSR count). The van der Waals surface area contributed by atoms with Crippen LogP contribution in [0.4, 0.5) is 0 Å². The third-order valence-electron chi connectivity index (χ3n) is 2.76.